The minimum Gasteiger partial charge on any atom is -0.409 e. The zero-order chi connectivity index (χ0) is 9.68. The lowest BCUT2D eigenvalue weighted by molar-refractivity contribution is 0.315. The summed E-state index contributed by atoms with van der Waals surface area (Å²) in [5.41, 5.74) is 7.09. The number of hydrogen-bond acceptors (Lipinski definition) is 6. The average molecular weight is 218 g/mol. The van der Waals surface area contributed by atoms with Gasteiger partial charge >= 0.3 is 0 Å². The summed E-state index contributed by atoms with van der Waals surface area (Å²) in [7, 11) is 0. The lowest BCUT2D eigenvalue weighted by Crippen LogP contribution is -2.22. The van der Waals surface area contributed by atoms with Gasteiger partial charge in [0.05, 0.1) is 0 Å². The Labute approximate surface area is 84.0 Å². The number of rotatable bonds is 4. The molecule has 0 aliphatic carbocycles. The summed E-state index contributed by atoms with van der Waals surface area (Å²) in [6.45, 7) is 1.89. The first kappa shape index (κ1) is 10.3. The number of thioether (sulfide) groups is 1. The van der Waals surface area contributed by atoms with Crippen LogP contribution in [0.5, 0.6) is 0 Å². The number of aromatic nitrogens is 2. The van der Waals surface area contributed by atoms with Crippen molar-refractivity contribution >= 4 is 28.9 Å². The Balaban J connectivity index is 2.35. The van der Waals surface area contributed by atoms with Gasteiger partial charge in [-0.05, 0) is 0 Å². The monoisotopic (exact) mass is 218 g/mol. The minimum atomic E-state index is 0.0406. The first-order valence-electron chi connectivity index (χ1n) is 3.60. The van der Waals surface area contributed by atoms with Crippen LogP contribution in [0.1, 0.15) is 6.92 Å². The third-order valence-corrected chi connectivity index (χ3v) is 3.54. The van der Waals surface area contributed by atoms with Crippen LogP contribution >= 0.6 is 23.1 Å². The van der Waals surface area contributed by atoms with Crippen molar-refractivity contribution in [2.24, 2.45) is 16.8 Å². The van der Waals surface area contributed by atoms with E-state index in [4.69, 9.17) is 10.9 Å². The molecule has 0 radical (unpaired) electrons. The highest BCUT2D eigenvalue weighted by atomic mass is 32.2. The summed E-state index contributed by atoms with van der Waals surface area (Å²) in [6.07, 6.45) is 0. The summed E-state index contributed by atoms with van der Waals surface area (Å²) < 4.78 is 0.901. The van der Waals surface area contributed by atoms with Crippen molar-refractivity contribution in [1.29, 1.82) is 0 Å². The normalized spacial score (nSPS) is 14.4. The molecule has 13 heavy (non-hydrogen) atoms. The zero-order valence-corrected chi connectivity index (χ0v) is 8.68. The van der Waals surface area contributed by atoms with Gasteiger partial charge in [-0.2, -0.15) is 0 Å². The van der Waals surface area contributed by atoms with Crippen molar-refractivity contribution in [2.75, 3.05) is 5.75 Å². The second kappa shape index (κ2) is 5.03. The number of hydrogen-bond donors (Lipinski definition) is 2. The SMILES string of the molecule is CC(CSc1nncs1)/C(N)=N/O. The second-order valence-electron chi connectivity index (χ2n) is 2.44. The molecular weight excluding hydrogens is 208 g/mol. The Hall–Kier alpha value is -0.820. The van der Waals surface area contributed by atoms with E-state index in [0.29, 0.717) is 0 Å². The van der Waals surface area contributed by atoms with Crippen molar-refractivity contribution in [2.45, 2.75) is 11.3 Å². The second-order valence-corrected chi connectivity index (χ2v) is 4.54. The van der Waals surface area contributed by atoms with Crippen LogP contribution in [0.4, 0.5) is 0 Å². The maximum atomic E-state index is 8.39. The third kappa shape index (κ3) is 3.19. The van der Waals surface area contributed by atoms with Gasteiger partial charge in [0.25, 0.3) is 0 Å². The molecule has 3 N–H and O–H groups in total. The lowest BCUT2D eigenvalue weighted by atomic mass is 10.2. The third-order valence-electron chi connectivity index (χ3n) is 1.42. The van der Waals surface area contributed by atoms with Gasteiger partial charge in [-0.1, -0.05) is 35.2 Å². The summed E-state index contributed by atoms with van der Waals surface area (Å²) in [5.74, 6) is 1.03. The molecule has 5 nitrogen and oxygen atoms in total. The van der Waals surface area contributed by atoms with E-state index in [1.807, 2.05) is 6.92 Å². The van der Waals surface area contributed by atoms with E-state index < -0.39 is 0 Å². The predicted molar refractivity (Wildman–Crippen MR) is 53.2 cm³/mol. The molecule has 1 aromatic rings. The van der Waals surface area contributed by atoms with E-state index >= 15 is 0 Å². The molecule has 0 bridgehead atoms. The smallest absolute Gasteiger partial charge is 0.174 e. The fourth-order valence-corrected chi connectivity index (χ4v) is 2.16. The van der Waals surface area contributed by atoms with E-state index in [-0.39, 0.29) is 11.8 Å². The fourth-order valence-electron chi connectivity index (χ4n) is 0.606. The molecule has 0 saturated carbocycles. The number of amidine groups is 1. The van der Waals surface area contributed by atoms with E-state index in [1.165, 1.54) is 11.3 Å². The van der Waals surface area contributed by atoms with Crippen molar-refractivity contribution in [3.8, 4) is 0 Å². The molecule has 0 aliphatic heterocycles. The molecule has 1 rings (SSSR count). The molecule has 0 fully saturated rings. The van der Waals surface area contributed by atoms with Crippen LogP contribution in [0.2, 0.25) is 0 Å². The predicted octanol–water partition coefficient (Wildman–Crippen LogP) is 1.01. The van der Waals surface area contributed by atoms with Crippen LogP contribution in [0.25, 0.3) is 0 Å². The summed E-state index contributed by atoms with van der Waals surface area (Å²) >= 11 is 3.03. The number of oxime groups is 1. The van der Waals surface area contributed by atoms with Crippen LogP contribution in [0, 0.1) is 5.92 Å². The lowest BCUT2D eigenvalue weighted by Gasteiger charge is -2.06. The fraction of sp³-hybridized carbons (Fsp3) is 0.500. The standard InChI is InChI=1S/C6H10N4OS2/c1-4(5(7)10-11)2-12-6-9-8-3-13-6/h3-4,11H,2H2,1H3,(H2,7,10). The molecule has 0 aromatic carbocycles. The van der Waals surface area contributed by atoms with E-state index in [0.717, 1.165) is 10.1 Å². The van der Waals surface area contributed by atoms with Gasteiger partial charge in [-0.25, -0.2) is 0 Å². The average Bonchev–Trinajstić information content (AvgIpc) is 2.65. The highest BCUT2D eigenvalue weighted by molar-refractivity contribution is 8.01. The zero-order valence-electron chi connectivity index (χ0n) is 7.04. The quantitative estimate of drug-likeness (QED) is 0.259. The van der Waals surface area contributed by atoms with Gasteiger partial charge in [0.1, 0.15) is 11.3 Å². The van der Waals surface area contributed by atoms with Crippen LogP contribution < -0.4 is 5.73 Å². The Morgan fingerprint density at radius 3 is 3.23 bits per heavy atom. The molecule has 0 saturated heterocycles. The van der Waals surface area contributed by atoms with Crippen LogP contribution in [0.15, 0.2) is 15.0 Å². The molecule has 1 unspecified atom stereocenters. The highest BCUT2D eigenvalue weighted by Crippen LogP contribution is 2.21. The molecule has 1 aromatic heterocycles. The molecular formula is C6H10N4OS2. The maximum absolute atomic E-state index is 8.39. The highest BCUT2D eigenvalue weighted by Gasteiger charge is 2.09. The van der Waals surface area contributed by atoms with Gasteiger partial charge in [0, 0.05) is 11.7 Å². The number of nitrogens with two attached hydrogens (primary N) is 1. The Bertz CT molecular complexity index is 274. The van der Waals surface area contributed by atoms with Crippen LogP contribution in [-0.4, -0.2) is 27.0 Å². The van der Waals surface area contributed by atoms with Gasteiger partial charge in [-0.15, -0.1) is 10.2 Å². The molecule has 1 heterocycles. The molecule has 0 spiro atoms. The van der Waals surface area contributed by atoms with Crippen molar-refractivity contribution in [1.82, 2.24) is 10.2 Å². The van der Waals surface area contributed by atoms with Gasteiger partial charge in [0.15, 0.2) is 4.34 Å². The topological polar surface area (TPSA) is 84.4 Å². The van der Waals surface area contributed by atoms with E-state index in [2.05, 4.69) is 15.4 Å². The Morgan fingerprint density at radius 2 is 2.69 bits per heavy atom. The first-order valence-corrected chi connectivity index (χ1v) is 5.47. The summed E-state index contributed by atoms with van der Waals surface area (Å²) in [5, 5.41) is 18.9. The maximum Gasteiger partial charge on any atom is 0.174 e. The molecule has 7 heteroatoms. The number of nitrogens with zero attached hydrogens (tertiary/aromatic N) is 3. The summed E-state index contributed by atoms with van der Waals surface area (Å²) in [6, 6.07) is 0. The van der Waals surface area contributed by atoms with Crippen molar-refractivity contribution < 1.29 is 5.21 Å². The van der Waals surface area contributed by atoms with Crippen molar-refractivity contribution in [3.63, 3.8) is 0 Å². The van der Waals surface area contributed by atoms with E-state index in [1.54, 1.807) is 17.3 Å². The Morgan fingerprint density at radius 1 is 1.92 bits per heavy atom. The first-order chi connectivity index (χ1) is 6.24. The minimum absolute atomic E-state index is 0.0406. The van der Waals surface area contributed by atoms with Crippen LogP contribution in [-0.2, 0) is 0 Å². The molecule has 72 valence electrons. The van der Waals surface area contributed by atoms with E-state index in [9.17, 15) is 0 Å². The molecule has 0 aliphatic rings. The van der Waals surface area contributed by atoms with Crippen LogP contribution in [0.3, 0.4) is 0 Å². The van der Waals surface area contributed by atoms with Gasteiger partial charge in [-0.3, -0.25) is 0 Å². The van der Waals surface area contributed by atoms with Gasteiger partial charge in [0.2, 0.25) is 0 Å². The van der Waals surface area contributed by atoms with Gasteiger partial charge < -0.3 is 10.9 Å². The largest absolute Gasteiger partial charge is 0.409 e. The van der Waals surface area contributed by atoms with Crippen molar-refractivity contribution in [3.05, 3.63) is 5.51 Å². The molecule has 0 amide bonds. The Kier molecular flexibility index (Phi) is 3.97. The molecule has 1 atom stereocenters. The summed E-state index contributed by atoms with van der Waals surface area (Å²) in [4.78, 5) is 0.